The monoisotopic (exact) mass is 181 g/mol. The van der Waals surface area contributed by atoms with Crippen LogP contribution in [-0.4, -0.2) is 17.6 Å². The Morgan fingerprint density at radius 1 is 1.69 bits per heavy atom. The maximum absolute atomic E-state index is 13.9. The predicted octanol–water partition coefficient (Wildman–Crippen LogP) is 1.49. The molecule has 2 atom stereocenters. The summed E-state index contributed by atoms with van der Waals surface area (Å²) in [5.41, 5.74) is -0.320. The number of allylic oxidation sites excluding steroid dienone is 2. The van der Waals surface area contributed by atoms with E-state index in [1.54, 1.807) is 0 Å². The lowest BCUT2D eigenvalue weighted by Gasteiger charge is -2.20. The zero-order valence-electron chi connectivity index (χ0n) is 7.73. The van der Waals surface area contributed by atoms with Crippen molar-refractivity contribution in [3.8, 4) is 0 Å². The average molecular weight is 181 g/mol. The van der Waals surface area contributed by atoms with Crippen LogP contribution in [0, 0.1) is 0 Å². The summed E-state index contributed by atoms with van der Waals surface area (Å²) in [6, 6.07) is -0.118. The first-order chi connectivity index (χ1) is 6.03. The van der Waals surface area contributed by atoms with E-state index in [1.165, 1.54) is 6.92 Å². The van der Waals surface area contributed by atoms with Crippen molar-refractivity contribution in [2.45, 2.75) is 32.0 Å². The molecular weight excluding hydrogens is 169 g/mol. The van der Waals surface area contributed by atoms with Crippen LogP contribution < -0.4 is 5.32 Å². The van der Waals surface area contributed by atoms with E-state index in [0.29, 0.717) is 12.0 Å². The molecule has 1 aliphatic carbocycles. The molecule has 3 heteroatoms. The fourth-order valence-corrected chi connectivity index (χ4v) is 2.11. The topological polar surface area (TPSA) is 29.1 Å². The third kappa shape index (κ3) is 1.03. The summed E-state index contributed by atoms with van der Waals surface area (Å²) in [6.45, 7) is 3.18. The van der Waals surface area contributed by atoms with Crippen molar-refractivity contribution < 1.29 is 9.18 Å². The number of carbonyl (C=O) groups excluding carboxylic acids is 1. The maximum atomic E-state index is 13.9. The minimum Gasteiger partial charge on any atom is -0.346 e. The standard InChI is InChI=1S/C10H12FNO/c1-6-4-3-5-7-8(6)10(2,11)9(13)12-7/h3-4,7H,5H2,1-2H3,(H,12,13). The van der Waals surface area contributed by atoms with Crippen molar-refractivity contribution in [3.05, 3.63) is 23.3 Å². The Bertz CT molecular complexity index is 328. The highest BCUT2D eigenvalue weighted by Gasteiger charge is 2.49. The van der Waals surface area contributed by atoms with Crippen molar-refractivity contribution in [2.75, 3.05) is 0 Å². The highest BCUT2D eigenvalue weighted by Crippen LogP contribution is 2.37. The number of nitrogens with one attached hydrogen (secondary N) is 1. The van der Waals surface area contributed by atoms with Crippen LogP contribution in [0.5, 0.6) is 0 Å². The molecule has 1 N–H and O–H groups in total. The van der Waals surface area contributed by atoms with Crippen LogP contribution in [0.4, 0.5) is 4.39 Å². The van der Waals surface area contributed by atoms with Gasteiger partial charge in [0.15, 0.2) is 0 Å². The Morgan fingerprint density at radius 2 is 2.38 bits per heavy atom. The van der Waals surface area contributed by atoms with Gasteiger partial charge in [0, 0.05) is 5.57 Å². The van der Waals surface area contributed by atoms with E-state index in [4.69, 9.17) is 0 Å². The van der Waals surface area contributed by atoms with Crippen LogP contribution >= 0.6 is 0 Å². The summed E-state index contributed by atoms with van der Waals surface area (Å²) in [7, 11) is 0. The first-order valence-electron chi connectivity index (χ1n) is 4.41. The largest absolute Gasteiger partial charge is 0.346 e. The van der Waals surface area contributed by atoms with Gasteiger partial charge in [-0.05, 0) is 25.8 Å². The van der Waals surface area contributed by atoms with E-state index in [0.717, 1.165) is 5.57 Å². The number of hydrogen-bond acceptors (Lipinski definition) is 1. The minimum absolute atomic E-state index is 0.118. The van der Waals surface area contributed by atoms with Gasteiger partial charge >= 0.3 is 0 Å². The van der Waals surface area contributed by atoms with Crippen molar-refractivity contribution in [3.63, 3.8) is 0 Å². The zero-order valence-corrected chi connectivity index (χ0v) is 7.73. The molecule has 0 spiro atoms. The molecule has 0 bridgehead atoms. The van der Waals surface area contributed by atoms with E-state index >= 15 is 0 Å². The molecule has 1 fully saturated rings. The van der Waals surface area contributed by atoms with Crippen LogP contribution in [0.25, 0.3) is 0 Å². The number of halogens is 1. The van der Waals surface area contributed by atoms with Gasteiger partial charge in [0.1, 0.15) is 0 Å². The molecule has 1 saturated heterocycles. The third-order valence-corrected chi connectivity index (χ3v) is 2.75. The number of amides is 1. The summed E-state index contributed by atoms with van der Waals surface area (Å²) in [5, 5.41) is 2.65. The SMILES string of the molecule is CC1=C2C(CC=C1)NC(=O)C2(C)F. The highest BCUT2D eigenvalue weighted by molar-refractivity contribution is 5.93. The summed E-state index contributed by atoms with van der Waals surface area (Å²) < 4.78 is 13.9. The third-order valence-electron chi connectivity index (χ3n) is 2.75. The van der Waals surface area contributed by atoms with Gasteiger partial charge in [-0.25, -0.2) is 4.39 Å². The fraction of sp³-hybridized carbons (Fsp3) is 0.500. The molecule has 0 aromatic heterocycles. The lowest BCUT2D eigenvalue weighted by molar-refractivity contribution is -0.127. The quantitative estimate of drug-likeness (QED) is 0.602. The van der Waals surface area contributed by atoms with Crippen molar-refractivity contribution in [2.24, 2.45) is 0 Å². The Balaban J connectivity index is 2.52. The first kappa shape index (κ1) is 8.48. The zero-order chi connectivity index (χ0) is 9.64. The average Bonchev–Trinajstić information content (AvgIpc) is 2.24. The van der Waals surface area contributed by atoms with Gasteiger partial charge in [-0.15, -0.1) is 0 Å². The lowest BCUT2D eigenvalue weighted by atomic mass is 9.87. The van der Waals surface area contributed by atoms with Crippen LogP contribution in [0.3, 0.4) is 0 Å². The molecule has 0 aromatic rings. The smallest absolute Gasteiger partial charge is 0.262 e. The molecular formula is C10H12FNO. The Morgan fingerprint density at radius 3 is 3.00 bits per heavy atom. The molecule has 0 radical (unpaired) electrons. The molecule has 2 aliphatic rings. The van der Waals surface area contributed by atoms with Crippen LogP contribution in [0.1, 0.15) is 20.3 Å². The summed E-state index contributed by atoms with van der Waals surface area (Å²) >= 11 is 0. The number of rotatable bonds is 0. The molecule has 2 nitrogen and oxygen atoms in total. The number of fused-ring (bicyclic) bond motifs is 1. The van der Waals surface area contributed by atoms with Gasteiger partial charge in [0.2, 0.25) is 5.67 Å². The van der Waals surface area contributed by atoms with Crippen molar-refractivity contribution >= 4 is 5.91 Å². The van der Waals surface area contributed by atoms with E-state index in [9.17, 15) is 9.18 Å². The first-order valence-corrected chi connectivity index (χ1v) is 4.41. The van der Waals surface area contributed by atoms with E-state index in [2.05, 4.69) is 5.32 Å². The minimum atomic E-state index is -1.81. The second-order valence-electron chi connectivity index (χ2n) is 3.76. The molecule has 2 rings (SSSR count). The fourth-order valence-electron chi connectivity index (χ4n) is 2.11. The van der Waals surface area contributed by atoms with Gasteiger partial charge in [0.05, 0.1) is 6.04 Å². The number of hydrogen-bond donors (Lipinski definition) is 1. The highest BCUT2D eigenvalue weighted by atomic mass is 19.1. The van der Waals surface area contributed by atoms with Crippen molar-refractivity contribution in [1.29, 1.82) is 0 Å². The van der Waals surface area contributed by atoms with Gasteiger partial charge in [-0.1, -0.05) is 12.2 Å². The molecule has 1 amide bonds. The maximum Gasteiger partial charge on any atom is 0.262 e. The molecule has 0 saturated carbocycles. The summed E-state index contributed by atoms with van der Waals surface area (Å²) in [6.07, 6.45) is 4.55. The molecule has 13 heavy (non-hydrogen) atoms. The van der Waals surface area contributed by atoms with Gasteiger partial charge in [0.25, 0.3) is 5.91 Å². The van der Waals surface area contributed by atoms with Gasteiger partial charge in [-0.2, -0.15) is 0 Å². The Hall–Kier alpha value is -1.12. The summed E-state index contributed by atoms with van der Waals surface area (Å²) in [4.78, 5) is 11.3. The van der Waals surface area contributed by atoms with Gasteiger partial charge < -0.3 is 5.32 Å². The van der Waals surface area contributed by atoms with E-state index in [-0.39, 0.29) is 6.04 Å². The molecule has 2 unspecified atom stereocenters. The molecule has 0 aromatic carbocycles. The van der Waals surface area contributed by atoms with Crippen molar-refractivity contribution in [1.82, 2.24) is 5.32 Å². The normalized spacial score (nSPS) is 37.8. The lowest BCUT2D eigenvalue weighted by Crippen LogP contribution is -2.31. The second kappa shape index (κ2) is 2.44. The summed E-state index contributed by atoms with van der Waals surface area (Å²) in [5.74, 6) is -0.504. The van der Waals surface area contributed by atoms with Crippen LogP contribution in [0.15, 0.2) is 23.3 Å². The predicted molar refractivity (Wildman–Crippen MR) is 47.9 cm³/mol. The Kier molecular flexibility index (Phi) is 1.59. The van der Waals surface area contributed by atoms with Gasteiger partial charge in [-0.3, -0.25) is 4.79 Å². The number of carbonyl (C=O) groups is 1. The molecule has 70 valence electrons. The Labute approximate surface area is 76.5 Å². The van der Waals surface area contributed by atoms with Crippen LogP contribution in [-0.2, 0) is 4.79 Å². The second-order valence-corrected chi connectivity index (χ2v) is 3.76. The molecule has 1 heterocycles. The van der Waals surface area contributed by atoms with Crippen LogP contribution in [0.2, 0.25) is 0 Å². The van der Waals surface area contributed by atoms with E-state index in [1.807, 2.05) is 19.1 Å². The van der Waals surface area contributed by atoms with E-state index < -0.39 is 11.6 Å². The molecule has 1 aliphatic heterocycles. The number of alkyl halides is 1.